The molecular formula is C20H18O3. The molecule has 0 aliphatic carbocycles. The van der Waals surface area contributed by atoms with E-state index >= 15 is 0 Å². The average Bonchev–Trinajstić information content (AvgIpc) is 2.62. The Morgan fingerprint density at radius 3 is 2.43 bits per heavy atom. The van der Waals surface area contributed by atoms with Crippen LogP contribution >= 0.6 is 0 Å². The third kappa shape index (κ3) is 4.84. The molecule has 0 unspecified atom stereocenters. The molecule has 0 saturated heterocycles. The molecule has 0 aliphatic heterocycles. The highest BCUT2D eigenvalue weighted by Crippen LogP contribution is 2.22. The number of hydrogen-bond donors (Lipinski definition) is 0. The van der Waals surface area contributed by atoms with E-state index in [1.165, 1.54) is 7.11 Å². The van der Waals surface area contributed by atoms with Gasteiger partial charge in [0.05, 0.1) is 7.11 Å². The molecule has 0 aliphatic rings. The van der Waals surface area contributed by atoms with Crippen LogP contribution in [0.15, 0.2) is 60.7 Å². The Labute approximate surface area is 136 Å². The van der Waals surface area contributed by atoms with E-state index in [0.29, 0.717) is 0 Å². The Hall–Kier alpha value is -2.83. The highest BCUT2D eigenvalue weighted by Gasteiger charge is 2.10. The molecule has 0 amide bonds. The maximum atomic E-state index is 11.2. The van der Waals surface area contributed by atoms with Gasteiger partial charge in [-0.15, -0.1) is 0 Å². The number of ether oxygens (including phenoxy) is 2. The maximum absolute atomic E-state index is 11.2. The molecule has 0 bridgehead atoms. The van der Waals surface area contributed by atoms with Crippen molar-refractivity contribution in [2.24, 2.45) is 0 Å². The summed E-state index contributed by atoms with van der Waals surface area (Å²) in [5, 5.41) is 0. The minimum absolute atomic E-state index is 0.252. The number of carbonyl (C=O) groups is 1. The van der Waals surface area contributed by atoms with E-state index in [2.05, 4.69) is 16.6 Å². The third-order valence-corrected chi connectivity index (χ3v) is 3.27. The molecule has 23 heavy (non-hydrogen) atoms. The lowest BCUT2D eigenvalue weighted by molar-refractivity contribution is -0.133. The largest absolute Gasteiger partial charge is 0.459 e. The zero-order valence-electron chi connectivity index (χ0n) is 13.2. The van der Waals surface area contributed by atoms with Gasteiger partial charge in [0.2, 0.25) is 0 Å². The number of benzene rings is 2. The van der Waals surface area contributed by atoms with Gasteiger partial charge in [0.1, 0.15) is 6.10 Å². The van der Waals surface area contributed by atoms with E-state index < -0.39 is 5.97 Å². The summed E-state index contributed by atoms with van der Waals surface area (Å²) < 4.78 is 10.1. The predicted octanol–water partition coefficient (Wildman–Crippen LogP) is 3.61. The Balaban J connectivity index is 2.29. The lowest BCUT2D eigenvalue weighted by Gasteiger charge is -2.13. The fraction of sp³-hybridized carbons (Fsp3) is 0.150. The molecule has 0 saturated carbocycles. The summed E-state index contributed by atoms with van der Waals surface area (Å²) in [4.78, 5) is 11.2. The quantitative estimate of drug-likeness (QED) is 0.639. The predicted molar refractivity (Wildman–Crippen MR) is 90.6 cm³/mol. The van der Waals surface area contributed by atoms with Crippen molar-refractivity contribution in [1.29, 1.82) is 0 Å². The molecule has 3 heteroatoms. The van der Waals surface area contributed by atoms with E-state index in [-0.39, 0.29) is 6.10 Å². The van der Waals surface area contributed by atoms with Crippen molar-refractivity contribution in [2.75, 3.05) is 14.2 Å². The molecule has 0 spiro atoms. The number of rotatable bonds is 4. The summed E-state index contributed by atoms with van der Waals surface area (Å²) >= 11 is 0. The first-order valence-corrected chi connectivity index (χ1v) is 7.19. The molecule has 0 fully saturated rings. The minimum atomic E-state index is -0.561. The lowest BCUT2D eigenvalue weighted by atomic mass is 10.0. The third-order valence-electron chi connectivity index (χ3n) is 3.27. The van der Waals surface area contributed by atoms with Crippen LogP contribution in [-0.2, 0) is 14.3 Å². The van der Waals surface area contributed by atoms with Gasteiger partial charge < -0.3 is 9.47 Å². The molecule has 116 valence electrons. The van der Waals surface area contributed by atoms with Gasteiger partial charge >= 0.3 is 5.97 Å². The summed E-state index contributed by atoms with van der Waals surface area (Å²) in [6, 6.07) is 17.6. The fourth-order valence-corrected chi connectivity index (χ4v) is 2.10. The first-order chi connectivity index (χ1) is 11.2. The monoisotopic (exact) mass is 306 g/mol. The molecule has 0 radical (unpaired) electrons. The molecule has 0 heterocycles. The van der Waals surface area contributed by atoms with Gasteiger partial charge in [-0.1, -0.05) is 66.6 Å². The van der Waals surface area contributed by atoms with Crippen LogP contribution in [0.5, 0.6) is 0 Å². The Morgan fingerprint density at radius 2 is 1.74 bits per heavy atom. The smallest absolute Gasteiger partial charge is 0.384 e. The van der Waals surface area contributed by atoms with Gasteiger partial charge in [-0.3, -0.25) is 0 Å². The van der Waals surface area contributed by atoms with Crippen LogP contribution in [0.4, 0.5) is 0 Å². The highest BCUT2D eigenvalue weighted by atomic mass is 16.5. The van der Waals surface area contributed by atoms with E-state index in [1.54, 1.807) is 7.11 Å². The molecule has 0 aromatic heterocycles. The van der Waals surface area contributed by atoms with Gasteiger partial charge in [0.25, 0.3) is 0 Å². The number of carbonyl (C=O) groups excluding carboxylic acids is 1. The second kappa shape index (κ2) is 8.57. The van der Waals surface area contributed by atoms with Crippen molar-refractivity contribution in [3.8, 4) is 11.8 Å². The molecule has 0 N–H and O–H groups in total. The van der Waals surface area contributed by atoms with Gasteiger partial charge in [0.15, 0.2) is 0 Å². The lowest BCUT2D eigenvalue weighted by Crippen LogP contribution is -2.01. The SMILES string of the molecule is COC(=O)C#Cc1ccccc1[C@@H](/C=C/c1ccccc1)OC. The summed E-state index contributed by atoms with van der Waals surface area (Å²) in [5.74, 6) is 4.73. The van der Waals surface area contributed by atoms with Crippen molar-refractivity contribution in [1.82, 2.24) is 0 Å². The van der Waals surface area contributed by atoms with Crippen LogP contribution in [-0.4, -0.2) is 20.2 Å². The number of methoxy groups -OCH3 is 2. The Morgan fingerprint density at radius 1 is 1.04 bits per heavy atom. The van der Waals surface area contributed by atoms with Crippen LogP contribution in [0, 0.1) is 11.8 Å². The summed E-state index contributed by atoms with van der Waals surface area (Å²) in [6.07, 6.45) is 3.71. The van der Waals surface area contributed by atoms with Crippen LogP contribution in [0.25, 0.3) is 6.08 Å². The van der Waals surface area contributed by atoms with Gasteiger partial charge in [-0.2, -0.15) is 0 Å². The molecule has 3 nitrogen and oxygen atoms in total. The standard InChI is InChI=1S/C20H18O3/c1-22-19(14-12-16-8-4-3-5-9-16)18-11-7-6-10-17(18)13-15-20(21)23-2/h3-12,14,19H,1-2H3/b14-12+/t19-/m1/s1. The highest BCUT2D eigenvalue weighted by molar-refractivity contribution is 5.89. The summed E-state index contributed by atoms with van der Waals surface area (Å²) in [5.41, 5.74) is 2.73. The van der Waals surface area contributed by atoms with E-state index in [9.17, 15) is 4.79 Å². The Kier molecular flexibility index (Phi) is 6.17. The molecule has 2 aromatic rings. The zero-order chi connectivity index (χ0) is 16.5. The second-order valence-electron chi connectivity index (χ2n) is 4.75. The van der Waals surface area contributed by atoms with Gasteiger partial charge in [0, 0.05) is 24.2 Å². The van der Waals surface area contributed by atoms with Crippen molar-refractivity contribution < 1.29 is 14.3 Å². The molecule has 2 rings (SSSR count). The van der Waals surface area contributed by atoms with Crippen LogP contribution in [0.1, 0.15) is 22.8 Å². The fourth-order valence-electron chi connectivity index (χ4n) is 2.10. The van der Waals surface area contributed by atoms with Gasteiger partial charge in [-0.05, 0) is 11.6 Å². The van der Waals surface area contributed by atoms with Crippen LogP contribution in [0.2, 0.25) is 0 Å². The maximum Gasteiger partial charge on any atom is 0.384 e. The van der Waals surface area contributed by atoms with Crippen molar-refractivity contribution in [2.45, 2.75) is 6.10 Å². The first kappa shape index (κ1) is 16.5. The molecule has 2 aromatic carbocycles. The molecule has 1 atom stereocenters. The topological polar surface area (TPSA) is 35.5 Å². The van der Waals surface area contributed by atoms with Crippen molar-refractivity contribution in [3.63, 3.8) is 0 Å². The number of hydrogen-bond acceptors (Lipinski definition) is 3. The molecular weight excluding hydrogens is 288 g/mol. The average molecular weight is 306 g/mol. The van der Waals surface area contributed by atoms with Crippen molar-refractivity contribution >= 4 is 12.0 Å². The van der Waals surface area contributed by atoms with Crippen LogP contribution in [0.3, 0.4) is 0 Å². The second-order valence-corrected chi connectivity index (χ2v) is 4.75. The zero-order valence-corrected chi connectivity index (χ0v) is 13.2. The van der Waals surface area contributed by atoms with Gasteiger partial charge in [-0.25, -0.2) is 4.79 Å². The van der Waals surface area contributed by atoms with Crippen molar-refractivity contribution in [3.05, 3.63) is 77.4 Å². The van der Waals surface area contributed by atoms with E-state index in [4.69, 9.17) is 4.74 Å². The normalized spacial score (nSPS) is 11.6. The first-order valence-electron chi connectivity index (χ1n) is 7.19. The number of esters is 1. The minimum Gasteiger partial charge on any atom is -0.459 e. The van der Waals surface area contributed by atoms with Crippen LogP contribution < -0.4 is 0 Å². The summed E-state index contributed by atoms with van der Waals surface area (Å²) in [6.45, 7) is 0. The Bertz CT molecular complexity index is 736. The van der Waals surface area contributed by atoms with E-state index in [1.807, 2.05) is 66.7 Å². The summed E-state index contributed by atoms with van der Waals surface area (Å²) in [7, 11) is 2.95. The van der Waals surface area contributed by atoms with E-state index in [0.717, 1.165) is 16.7 Å².